The normalized spacial score (nSPS) is 12.0. The minimum atomic E-state index is -1.09. The highest BCUT2D eigenvalue weighted by Gasteiger charge is 2.22. The number of rotatable bonds is 5. The summed E-state index contributed by atoms with van der Waals surface area (Å²) in [4.78, 5) is 23.4. The number of aryl methyl sites for hydroxylation is 2. The van der Waals surface area contributed by atoms with E-state index < -0.39 is 17.7 Å². The van der Waals surface area contributed by atoms with Crippen molar-refractivity contribution in [3.05, 3.63) is 53.1 Å². The van der Waals surface area contributed by atoms with Gasteiger partial charge in [-0.3, -0.25) is 14.3 Å². The molecule has 2 rings (SSSR count). The molecule has 0 saturated heterocycles. The van der Waals surface area contributed by atoms with Crippen molar-refractivity contribution in [2.75, 3.05) is 6.54 Å². The topological polar surface area (TPSA) is 84.2 Å². The summed E-state index contributed by atoms with van der Waals surface area (Å²) in [5.74, 6) is -2.86. The van der Waals surface area contributed by atoms with Crippen molar-refractivity contribution in [3.63, 3.8) is 0 Å². The molecule has 1 aromatic carbocycles. The number of benzene rings is 1. The van der Waals surface area contributed by atoms with Gasteiger partial charge in [0.05, 0.1) is 17.2 Å². The lowest BCUT2D eigenvalue weighted by Gasteiger charge is -2.13. The maximum absolute atomic E-state index is 12.9. The van der Waals surface area contributed by atoms with E-state index in [0.717, 1.165) is 0 Å². The second-order valence-electron chi connectivity index (χ2n) is 4.95. The zero-order chi connectivity index (χ0) is 16.3. The molecule has 0 spiro atoms. The lowest BCUT2D eigenvalue weighted by atomic mass is 9.99. The zero-order valence-electron chi connectivity index (χ0n) is 12.2. The van der Waals surface area contributed by atoms with Crippen molar-refractivity contribution >= 4 is 11.9 Å². The molecule has 116 valence electrons. The molecule has 1 atom stereocenters. The van der Waals surface area contributed by atoms with Gasteiger partial charge in [0.1, 0.15) is 5.82 Å². The van der Waals surface area contributed by atoms with E-state index in [1.807, 2.05) is 0 Å². The Morgan fingerprint density at radius 3 is 2.50 bits per heavy atom. The highest BCUT2D eigenvalue weighted by atomic mass is 19.1. The van der Waals surface area contributed by atoms with Crippen LogP contribution in [0.5, 0.6) is 0 Å². The number of carbonyl (C=O) groups is 2. The highest BCUT2D eigenvalue weighted by molar-refractivity contribution is 5.95. The van der Waals surface area contributed by atoms with Gasteiger partial charge in [0.15, 0.2) is 0 Å². The maximum Gasteiger partial charge on any atom is 0.312 e. The van der Waals surface area contributed by atoms with Crippen LogP contribution < -0.4 is 5.32 Å². The molecule has 0 fully saturated rings. The summed E-state index contributed by atoms with van der Waals surface area (Å²) < 4.78 is 14.4. The number of aromatic nitrogens is 2. The molecule has 0 aliphatic heterocycles. The SMILES string of the molecule is Cc1nn(C)cc1C(=O)NCC(C(=O)O)c1ccc(F)cc1. The average molecular weight is 305 g/mol. The standard InChI is InChI=1S/C15H16FN3O3/c1-9-13(8-19(2)18-9)14(20)17-7-12(15(21)22)10-3-5-11(16)6-4-10/h3-6,8,12H,7H2,1-2H3,(H,17,20)(H,21,22). The zero-order valence-corrected chi connectivity index (χ0v) is 12.2. The van der Waals surface area contributed by atoms with Gasteiger partial charge >= 0.3 is 5.97 Å². The van der Waals surface area contributed by atoms with Gasteiger partial charge in [0.25, 0.3) is 5.91 Å². The van der Waals surface area contributed by atoms with E-state index in [2.05, 4.69) is 10.4 Å². The minimum Gasteiger partial charge on any atom is -0.481 e. The molecule has 1 heterocycles. The Kier molecular flexibility index (Phi) is 4.55. The first-order chi connectivity index (χ1) is 10.4. The van der Waals surface area contributed by atoms with Crippen LogP contribution in [0.4, 0.5) is 4.39 Å². The molecule has 22 heavy (non-hydrogen) atoms. The molecule has 7 heteroatoms. The lowest BCUT2D eigenvalue weighted by molar-refractivity contribution is -0.138. The molecule has 2 aromatic rings. The Morgan fingerprint density at radius 1 is 1.36 bits per heavy atom. The van der Waals surface area contributed by atoms with E-state index in [0.29, 0.717) is 16.8 Å². The second kappa shape index (κ2) is 6.38. The van der Waals surface area contributed by atoms with Crippen LogP contribution in [0.15, 0.2) is 30.5 Å². The van der Waals surface area contributed by atoms with E-state index in [1.54, 1.807) is 20.2 Å². The minimum absolute atomic E-state index is 0.0892. The fourth-order valence-corrected chi connectivity index (χ4v) is 2.16. The quantitative estimate of drug-likeness (QED) is 0.876. The summed E-state index contributed by atoms with van der Waals surface area (Å²) in [5.41, 5.74) is 1.39. The number of aliphatic carboxylic acids is 1. The van der Waals surface area contributed by atoms with Crippen LogP contribution in [-0.2, 0) is 11.8 Å². The average Bonchev–Trinajstić information content (AvgIpc) is 2.79. The third kappa shape index (κ3) is 3.49. The molecular formula is C15H16FN3O3. The molecule has 6 nitrogen and oxygen atoms in total. The second-order valence-corrected chi connectivity index (χ2v) is 4.95. The van der Waals surface area contributed by atoms with Crippen LogP contribution in [-0.4, -0.2) is 33.3 Å². The number of amides is 1. The fourth-order valence-electron chi connectivity index (χ4n) is 2.16. The number of nitrogens with one attached hydrogen (secondary N) is 1. The van der Waals surface area contributed by atoms with Gasteiger partial charge in [-0.2, -0.15) is 5.10 Å². The molecular weight excluding hydrogens is 289 g/mol. The monoisotopic (exact) mass is 305 g/mol. The largest absolute Gasteiger partial charge is 0.481 e. The predicted molar refractivity (Wildman–Crippen MR) is 77.1 cm³/mol. The number of halogens is 1. The van der Waals surface area contributed by atoms with Crippen molar-refractivity contribution in [3.8, 4) is 0 Å². The van der Waals surface area contributed by atoms with Crippen molar-refractivity contribution in [2.45, 2.75) is 12.8 Å². The maximum atomic E-state index is 12.9. The third-order valence-electron chi connectivity index (χ3n) is 3.30. The van der Waals surface area contributed by atoms with Crippen molar-refractivity contribution in [2.24, 2.45) is 7.05 Å². The summed E-state index contributed by atoms with van der Waals surface area (Å²) in [6.07, 6.45) is 1.57. The third-order valence-corrected chi connectivity index (χ3v) is 3.30. The fraction of sp³-hybridized carbons (Fsp3) is 0.267. The Bertz CT molecular complexity index is 695. The molecule has 1 aromatic heterocycles. The molecule has 0 radical (unpaired) electrons. The van der Waals surface area contributed by atoms with Gasteiger partial charge < -0.3 is 10.4 Å². The Hall–Kier alpha value is -2.70. The van der Waals surface area contributed by atoms with Gasteiger partial charge in [-0.1, -0.05) is 12.1 Å². The predicted octanol–water partition coefficient (Wildman–Crippen LogP) is 1.47. The highest BCUT2D eigenvalue weighted by Crippen LogP contribution is 2.16. The Balaban J connectivity index is 2.09. The molecule has 0 aliphatic rings. The summed E-state index contributed by atoms with van der Waals surface area (Å²) in [6, 6.07) is 5.18. The van der Waals surface area contributed by atoms with Crippen LogP contribution in [0.3, 0.4) is 0 Å². The number of hydrogen-bond donors (Lipinski definition) is 2. The Morgan fingerprint density at radius 2 is 2.00 bits per heavy atom. The number of hydrogen-bond acceptors (Lipinski definition) is 3. The lowest BCUT2D eigenvalue weighted by Crippen LogP contribution is -2.31. The van der Waals surface area contributed by atoms with E-state index in [-0.39, 0.29) is 12.5 Å². The molecule has 1 amide bonds. The first-order valence-corrected chi connectivity index (χ1v) is 6.65. The first-order valence-electron chi connectivity index (χ1n) is 6.65. The van der Waals surface area contributed by atoms with Crippen molar-refractivity contribution in [1.29, 1.82) is 0 Å². The van der Waals surface area contributed by atoms with Crippen LogP contribution >= 0.6 is 0 Å². The summed E-state index contributed by atoms with van der Waals surface area (Å²) in [5, 5.41) is 15.9. The van der Waals surface area contributed by atoms with Gasteiger partial charge in [-0.05, 0) is 24.6 Å². The number of nitrogens with zero attached hydrogens (tertiary/aromatic N) is 2. The summed E-state index contributed by atoms with van der Waals surface area (Å²) >= 11 is 0. The van der Waals surface area contributed by atoms with Crippen molar-refractivity contribution in [1.82, 2.24) is 15.1 Å². The smallest absolute Gasteiger partial charge is 0.312 e. The number of carboxylic acid groups (broad SMARTS) is 1. The van der Waals surface area contributed by atoms with E-state index >= 15 is 0 Å². The van der Waals surface area contributed by atoms with Gasteiger partial charge in [0, 0.05) is 19.8 Å². The van der Waals surface area contributed by atoms with Crippen molar-refractivity contribution < 1.29 is 19.1 Å². The van der Waals surface area contributed by atoms with Crippen LogP contribution in [0.25, 0.3) is 0 Å². The van der Waals surface area contributed by atoms with E-state index in [9.17, 15) is 19.1 Å². The molecule has 2 N–H and O–H groups in total. The summed E-state index contributed by atoms with van der Waals surface area (Å²) in [7, 11) is 1.70. The van der Waals surface area contributed by atoms with Gasteiger partial charge in [-0.15, -0.1) is 0 Å². The molecule has 0 aliphatic carbocycles. The Labute approximate surface area is 126 Å². The van der Waals surface area contributed by atoms with Crippen LogP contribution in [0.1, 0.15) is 27.5 Å². The first kappa shape index (κ1) is 15.7. The molecule has 0 bridgehead atoms. The number of carbonyl (C=O) groups excluding carboxylic acids is 1. The van der Waals surface area contributed by atoms with Gasteiger partial charge in [0.2, 0.25) is 0 Å². The van der Waals surface area contributed by atoms with Gasteiger partial charge in [-0.25, -0.2) is 4.39 Å². The van der Waals surface area contributed by atoms with E-state index in [4.69, 9.17) is 0 Å². The summed E-state index contributed by atoms with van der Waals surface area (Å²) in [6.45, 7) is 1.61. The van der Waals surface area contributed by atoms with E-state index in [1.165, 1.54) is 28.9 Å². The molecule has 1 unspecified atom stereocenters. The van der Waals surface area contributed by atoms with Crippen LogP contribution in [0, 0.1) is 12.7 Å². The van der Waals surface area contributed by atoms with Crippen LogP contribution in [0.2, 0.25) is 0 Å². The molecule has 0 saturated carbocycles. The number of carboxylic acids is 1.